The van der Waals surface area contributed by atoms with Crippen molar-refractivity contribution in [2.45, 2.75) is 12.7 Å². The molecule has 2 aromatic rings. The Morgan fingerprint density at radius 3 is 2.08 bits per heavy atom. The zero-order valence-corrected chi connectivity index (χ0v) is 12.8. The first-order chi connectivity index (χ1) is 12.2. The summed E-state index contributed by atoms with van der Waals surface area (Å²) in [5.41, 5.74) is -2.84. The summed E-state index contributed by atoms with van der Waals surface area (Å²) in [4.78, 5) is 52.5. The number of carbonyl (C=O) groups is 3. The van der Waals surface area contributed by atoms with Gasteiger partial charge in [0.25, 0.3) is 17.4 Å². The minimum Gasteiger partial charge on any atom is -0.328 e. The maximum absolute atomic E-state index is 12.7. The van der Waals surface area contributed by atoms with Gasteiger partial charge in [-0.25, -0.2) is 4.79 Å². The Hall–Kier alpha value is -3.43. The average Bonchev–Trinajstić information content (AvgIpc) is 2.81. The van der Waals surface area contributed by atoms with Gasteiger partial charge in [-0.3, -0.25) is 14.4 Å². The summed E-state index contributed by atoms with van der Waals surface area (Å²) in [6.07, 6.45) is -3.92. The normalized spacial score (nSPS) is 13.7. The largest absolute Gasteiger partial charge is 0.421 e. The van der Waals surface area contributed by atoms with Gasteiger partial charge in [-0.05, 0) is 24.3 Å². The van der Waals surface area contributed by atoms with Crippen molar-refractivity contribution in [3.63, 3.8) is 0 Å². The minimum absolute atomic E-state index is 0.0292. The van der Waals surface area contributed by atoms with E-state index in [-0.39, 0.29) is 16.2 Å². The third-order valence-electron chi connectivity index (χ3n) is 3.57. The lowest BCUT2D eigenvalue weighted by Crippen LogP contribution is -2.36. The molecule has 0 atom stereocenters. The Kier molecular flexibility index (Phi) is 4.10. The van der Waals surface area contributed by atoms with Crippen molar-refractivity contribution in [2.75, 3.05) is 0 Å². The number of fused-ring (bicyclic) bond motifs is 1. The van der Waals surface area contributed by atoms with Gasteiger partial charge in [0.05, 0.1) is 11.1 Å². The van der Waals surface area contributed by atoms with Crippen LogP contribution in [0.4, 0.5) is 13.2 Å². The average molecular weight is 366 g/mol. The molecule has 26 heavy (non-hydrogen) atoms. The van der Waals surface area contributed by atoms with E-state index in [1.165, 1.54) is 24.3 Å². The van der Waals surface area contributed by atoms with Crippen LogP contribution >= 0.6 is 0 Å². The van der Waals surface area contributed by atoms with Gasteiger partial charge in [0.1, 0.15) is 12.1 Å². The number of hydroxylamine groups is 2. The van der Waals surface area contributed by atoms with E-state index in [0.717, 1.165) is 12.3 Å². The lowest BCUT2D eigenvalue weighted by Gasteiger charge is -2.14. The molecule has 3 rings (SSSR count). The summed E-state index contributed by atoms with van der Waals surface area (Å²) in [6, 6.07) is 7.27. The number of amides is 2. The molecule has 10 heteroatoms. The third kappa shape index (κ3) is 2.96. The van der Waals surface area contributed by atoms with Crippen LogP contribution in [0.3, 0.4) is 0 Å². The van der Waals surface area contributed by atoms with Gasteiger partial charge < -0.3 is 9.40 Å². The molecule has 134 valence electrons. The molecule has 0 unspecified atom stereocenters. The Balaban J connectivity index is 1.78. The number of nitrogens with zero attached hydrogens (tertiary/aromatic N) is 2. The second kappa shape index (κ2) is 6.14. The van der Waals surface area contributed by atoms with E-state index in [1.54, 1.807) is 0 Å². The first-order valence-corrected chi connectivity index (χ1v) is 7.15. The summed E-state index contributed by atoms with van der Waals surface area (Å²) in [5, 5.41) is 0.214. The number of pyridine rings is 1. The van der Waals surface area contributed by atoms with Gasteiger partial charge in [0.15, 0.2) is 0 Å². The predicted octanol–water partition coefficient (Wildman–Crippen LogP) is 1.62. The Morgan fingerprint density at radius 2 is 1.54 bits per heavy atom. The summed E-state index contributed by atoms with van der Waals surface area (Å²) in [6.45, 7) is -0.907. The molecule has 1 aromatic carbocycles. The fraction of sp³-hybridized carbons (Fsp3) is 0.125. The van der Waals surface area contributed by atoms with Gasteiger partial charge in [-0.15, -0.1) is 0 Å². The van der Waals surface area contributed by atoms with Gasteiger partial charge in [-0.2, -0.15) is 13.2 Å². The number of rotatable bonds is 3. The highest BCUT2D eigenvalue weighted by Gasteiger charge is 2.39. The number of imide groups is 1. The maximum Gasteiger partial charge on any atom is 0.421 e. The van der Waals surface area contributed by atoms with E-state index < -0.39 is 41.6 Å². The highest BCUT2D eigenvalue weighted by molar-refractivity contribution is 6.20. The first kappa shape index (κ1) is 17.4. The van der Waals surface area contributed by atoms with E-state index in [9.17, 15) is 32.3 Å². The molecular formula is C16H9F3N2O5. The first-order valence-electron chi connectivity index (χ1n) is 7.15. The van der Waals surface area contributed by atoms with E-state index in [2.05, 4.69) is 4.84 Å². The van der Waals surface area contributed by atoms with Gasteiger partial charge in [0.2, 0.25) is 0 Å². The number of hydrogen-bond acceptors (Lipinski definition) is 5. The number of carbonyl (C=O) groups excluding carboxylic acids is 3. The minimum atomic E-state index is -4.88. The molecular weight excluding hydrogens is 357 g/mol. The SMILES string of the molecule is O=C(Cn1cccc(C(F)(F)F)c1=O)ON1C(=O)c2ccccc2C1=O. The Labute approximate surface area is 143 Å². The molecule has 0 saturated heterocycles. The van der Waals surface area contributed by atoms with Crippen molar-refractivity contribution in [3.05, 3.63) is 69.6 Å². The standard InChI is InChI=1S/C16H9F3N2O5/c17-16(18,19)11-6-3-7-20(15(11)25)8-12(22)26-21-13(23)9-4-1-2-5-10(9)14(21)24/h1-7H,8H2. The van der Waals surface area contributed by atoms with Crippen LogP contribution in [0, 0.1) is 0 Å². The number of halogens is 3. The van der Waals surface area contributed by atoms with Crippen LogP contribution in [0.1, 0.15) is 26.3 Å². The molecule has 7 nitrogen and oxygen atoms in total. The third-order valence-corrected chi connectivity index (χ3v) is 3.57. The second-order valence-corrected chi connectivity index (χ2v) is 5.27. The van der Waals surface area contributed by atoms with E-state index in [1.807, 2.05) is 0 Å². The summed E-state index contributed by atoms with van der Waals surface area (Å²) in [5.74, 6) is -3.01. The number of alkyl halides is 3. The van der Waals surface area contributed by atoms with E-state index in [0.29, 0.717) is 10.6 Å². The molecule has 1 aromatic heterocycles. The molecule has 0 N–H and O–H groups in total. The monoisotopic (exact) mass is 366 g/mol. The summed E-state index contributed by atoms with van der Waals surface area (Å²) >= 11 is 0. The van der Waals surface area contributed by atoms with E-state index >= 15 is 0 Å². The van der Waals surface area contributed by atoms with Crippen LogP contribution in [0.5, 0.6) is 0 Å². The number of aromatic nitrogens is 1. The fourth-order valence-electron chi connectivity index (χ4n) is 2.40. The smallest absolute Gasteiger partial charge is 0.328 e. The predicted molar refractivity (Wildman–Crippen MR) is 78.7 cm³/mol. The Morgan fingerprint density at radius 1 is 0.962 bits per heavy atom. The number of benzene rings is 1. The van der Waals surface area contributed by atoms with Crippen LogP contribution < -0.4 is 5.56 Å². The Bertz CT molecular complexity index is 945. The van der Waals surface area contributed by atoms with Crippen LogP contribution in [0.15, 0.2) is 47.4 Å². The van der Waals surface area contributed by atoms with Gasteiger partial charge in [0, 0.05) is 6.20 Å². The molecule has 2 amide bonds. The van der Waals surface area contributed by atoms with Crippen molar-refractivity contribution >= 4 is 17.8 Å². The molecule has 0 spiro atoms. The molecule has 1 aliphatic heterocycles. The highest BCUT2D eigenvalue weighted by Crippen LogP contribution is 2.26. The highest BCUT2D eigenvalue weighted by atomic mass is 19.4. The summed E-state index contributed by atoms with van der Waals surface area (Å²) in [7, 11) is 0. The fourth-order valence-corrected chi connectivity index (χ4v) is 2.40. The van der Waals surface area contributed by atoms with Crippen molar-refractivity contribution < 1.29 is 32.4 Å². The molecule has 0 fully saturated rings. The lowest BCUT2D eigenvalue weighted by molar-refractivity contribution is -0.169. The van der Waals surface area contributed by atoms with Gasteiger partial charge in [-0.1, -0.05) is 17.2 Å². The van der Waals surface area contributed by atoms with Crippen molar-refractivity contribution in [1.29, 1.82) is 0 Å². The molecule has 1 aliphatic rings. The van der Waals surface area contributed by atoms with Gasteiger partial charge >= 0.3 is 12.1 Å². The topological polar surface area (TPSA) is 85.7 Å². The zero-order valence-electron chi connectivity index (χ0n) is 12.8. The van der Waals surface area contributed by atoms with Crippen molar-refractivity contribution in [1.82, 2.24) is 9.63 Å². The van der Waals surface area contributed by atoms with Crippen LogP contribution in [-0.4, -0.2) is 27.4 Å². The summed E-state index contributed by atoms with van der Waals surface area (Å²) < 4.78 is 38.6. The van der Waals surface area contributed by atoms with Crippen LogP contribution in [-0.2, 0) is 22.4 Å². The lowest BCUT2D eigenvalue weighted by atomic mass is 10.1. The molecule has 0 aliphatic carbocycles. The molecule has 0 saturated carbocycles. The second-order valence-electron chi connectivity index (χ2n) is 5.27. The van der Waals surface area contributed by atoms with E-state index in [4.69, 9.17) is 0 Å². The van der Waals surface area contributed by atoms with Crippen molar-refractivity contribution in [3.8, 4) is 0 Å². The van der Waals surface area contributed by atoms with Crippen molar-refractivity contribution in [2.24, 2.45) is 0 Å². The van der Waals surface area contributed by atoms with Crippen LogP contribution in [0.2, 0.25) is 0 Å². The molecule has 2 heterocycles. The van der Waals surface area contributed by atoms with Crippen LogP contribution in [0.25, 0.3) is 0 Å². The zero-order chi connectivity index (χ0) is 19.1. The number of hydrogen-bond donors (Lipinski definition) is 0. The maximum atomic E-state index is 12.7. The molecule has 0 radical (unpaired) electrons. The molecule has 0 bridgehead atoms. The quantitative estimate of drug-likeness (QED) is 0.771.